The highest BCUT2D eigenvalue weighted by Gasteiger charge is 2.14. The van der Waals surface area contributed by atoms with E-state index >= 15 is 0 Å². The number of nitrogens with two attached hydrogens (primary N) is 1. The van der Waals surface area contributed by atoms with E-state index < -0.39 is 0 Å². The number of aryl methyl sites for hydroxylation is 1. The molecule has 0 fully saturated rings. The zero-order chi connectivity index (χ0) is 19.2. The quantitative estimate of drug-likeness (QED) is 0.508. The lowest BCUT2D eigenvalue weighted by Crippen LogP contribution is -2.08. The Kier molecular flexibility index (Phi) is 5.89. The Balaban J connectivity index is 1.76. The smallest absolute Gasteiger partial charge is 0.190 e. The number of thioether (sulfide) groups is 1. The van der Waals surface area contributed by atoms with Gasteiger partial charge in [-0.05, 0) is 42.3 Å². The molecule has 2 N–H and O–H groups in total. The fourth-order valence-electron chi connectivity index (χ4n) is 2.38. The van der Waals surface area contributed by atoms with Crippen LogP contribution in [0.4, 0.5) is 10.2 Å². The van der Waals surface area contributed by atoms with Crippen LogP contribution in [-0.2, 0) is 12.4 Å². The number of rotatable bonds is 6. The summed E-state index contributed by atoms with van der Waals surface area (Å²) in [6, 6.07) is 15.9. The zero-order valence-corrected chi connectivity index (χ0v) is 15.5. The van der Waals surface area contributed by atoms with Gasteiger partial charge in [-0.15, -0.1) is 0 Å². The van der Waals surface area contributed by atoms with Crippen molar-refractivity contribution in [1.82, 2.24) is 9.97 Å². The summed E-state index contributed by atoms with van der Waals surface area (Å²) in [6.45, 7) is 2.09. The van der Waals surface area contributed by atoms with Crippen LogP contribution in [0.25, 0.3) is 0 Å². The molecule has 0 aliphatic heterocycles. The van der Waals surface area contributed by atoms with Crippen LogP contribution in [-0.4, -0.2) is 9.97 Å². The molecule has 0 unspecified atom stereocenters. The summed E-state index contributed by atoms with van der Waals surface area (Å²) < 4.78 is 18.7. The van der Waals surface area contributed by atoms with E-state index in [1.807, 2.05) is 37.3 Å². The van der Waals surface area contributed by atoms with Crippen molar-refractivity contribution in [2.45, 2.75) is 24.4 Å². The minimum atomic E-state index is -0.279. The molecule has 0 saturated heterocycles. The number of hydrogen-bond acceptors (Lipinski definition) is 6. The van der Waals surface area contributed by atoms with Gasteiger partial charge in [-0.1, -0.05) is 36.0 Å². The maximum Gasteiger partial charge on any atom is 0.190 e. The van der Waals surface area contributed by atoms with Crippen molar-refractivity contribution in [2.24, 2.45) is 0 Å². The van der Waals surface area contributed by atoms with Gasteiger partial charge in [0.05, 0.1) is 0 Å². The first-order valence-corrected chi connectivity index (χ1v) is 9.17. The Morgan fingerprint density at radius 1 is 1.19 bits per heavy atom. The lowest BCUT2D eigenvalue weighted by Gasteiger charge is -2.10. The molecule has 0 spiro atoms. The average Bonchev–Trinajstić information content (AvgIpc) is 2.66. The summed E-state index contributed by atoms with van der Waals surface area (Å²) in [6.07, 6.45) is 0. The van der Waals surface area contributed by atoms with Gasteiger partial charge >= 0.3 is 0 Å². The average molecular weight is 380 g/mol. The van der Waals surface area contributed by atoms with Crippen LogP contribution in [0.3, 0.4) is 0 Å². The summed E-state index contributed by atoms with van der Waals surface area (Å²) in [4.78, 5) is 8.61. The highest BCUT2D eigenvalue weighted by Crippen LogP contribution is 2.24. The number of nitrogen functional groups attached to an aromatic ring is 1. The minimum absolute atomic E-state index is 0.114. The van der Waals surface area contributed by atoms with Gasteiger partial charge in [0, 0.05) is 5.75 Å². The molecule has 0 bridgehead atoms. The molecule has 0 radical (unpaired) electrons. The second kappa shape index (κ2) is 8.52. The largest absolute Gasteiger partial charge is 0.487 e. The predicted molar refractivity (Wildman–Crippen MR) is 103 cm³/mol. The number of anilines is 1. The second-order valence-electron chi connectivity index (χ2n) is 5.85. The van der Waals surface area contributed by atoms with Gasteiger partial charge in [0.1, 0.15) is 41.3 Å². The first kappa shape index (κ1) is 18.7. The topological polar surface area (TPSA) is 84.8 Å². The maximum absolute atomic E-state index is 13.0. The van der Waals surface area contributed by atoms with Gasteiger partial charge in [-0.3, -0.25) is 0 Å². The summed E-state index contributed by atoms with van der Waals surface area (Å²) in [5.41, 5.74) is 8.59. The van der Waals surface area contributed by atoms with E-state index in [2.05, 4.69) is 9.97 Å². The number of nitrogens with zero attached hydrogens (tertiary/aromatic N) is 3. The molecule has 136 valence electrons. The molecular formula is C20H17FN4OS. The van der Waals surface area contributed by atoms with Crippen LogP contribution in [0.2, 0.25) is 0 Å². The van der Waals surface area contributed by atoms with Crippen LogP contribution in [0.1, 0.15) is 22.4 Å². The number of nitriles is 1. The van der Waals surface area contributed by atoms with Crippen molar-refractivity contribution in [2.75, 3.05) is 5.73 Å². The molecule has 3 aromatic rings. The fourth-order valence-corrected chi connectivity index (χ4v) is 3.21. The van der Waals surface area contributed by atoms with Crippen LogP contribution < -0.4 is 10.5 Å². The first-order valence-electron chi connectivity index (χ1n) is 8.18. The Morgan fingerprint density at radius 2 is 1.96 bits per heavy atom. The van der Waals surface area contributed by atoms with Crippen molar-refractivity contribution in [3.63, 3.8) is 0 Å². The molecule has 2 aromatic carbocycles. The van der Waals surface area contributed by atoms with E-state index in [9.17, 15) is 9.65 Å². The molecular weight excluding hydrogens is 363 g/mol. The van der Waals surface area contributed by atoms with E-state index in [-0.39, 0.29) is 23.8 Å². The number of aromatic nitrogens is 2. The van der Waals surface area contributed by atoms with E-state index in [0.29, 0.717) is 22.4 Å². The molecule has 5 nitrogen and oxygen atoms in total. The number of benzene rings is 2. The lowest BCUT2D eigenvalue weighted by atomic mass is 10.2. The van der Waals surface area contributed by atoms with Gasteiger partial charge in [0.15, 0.2) is 5.16 Å². The highest BCUT2D eigenvalue weighted by molar-refractivity contribution is 7.98. The molecule has 0 aliphatic carbocycles. The van der Waals surface area contributed by atoms with Gasteiger partial charge in [0.25, 0.3) is 0 Å². The third kappa shape index (κ3) is 4.96. The molecule has 1 aromatic heterocycles. The molecule has 3 rings (SSSR count). The first-order chi connectivity index (χ1) is 13.0. The summed E-state index contributed by atoms with van der Waals surface area (Å²) in [5, 5.41) is 9.80. The summed E-state index contributed by atoms with van der Waals surface area (Å²) >= 11 is 1.36. The highest BCUT2D eigenvalue weighted by atomic mass is 32.2. The molecule has 0 saturated carbocycles. The van der Waals surface area contributed by atoms with E-state index in [1.54, 1.807) is 12.1 Å². The van der Waals surface area contributed by atoms with Crippen molar-refractivity contribution in [3.05, 3.63) is 76.7 Å². The van der Waals surface area contributed by atoms with Gasteiger partial charge in [0.2, 0.25) is 0 Å². The molecule has 0 atom stereocenters. The molecule has 7 heteroatoms. The standard InChI is InChI=1S/C20H17FN4OS/c1-13-3-2-4-16(9-13)26-11-18-17(10-22)19(23)25-20(24-18)27-12-14-5-7-15(21)8-6-14/h2-9H,11-12H2,1H3,(H2,23,24,25). The van der Waals surface area contributed by atoms with E-state index in [1.165, 1.54) is 23.9 Å². The number of hydrogen-bond donors (Lipinski definition) is 1. The number of halogens is 1. The van der Waals surface area contributed by atoms with Crippen LogP contribution in [0.5, 0.6) is 5.75 Å². The van der Waals surface area contributed by atoms with Crippen molar-refractivity contribution in [3.8, 4) is 11.8 Å². The van der Waals surface area contributed by atoms with Gasteiger partial charge in [-0.2, -0.15) is 5.26 Å². The van der Waals surface area contributed by atoms with Crippen molar-refractivity contribution < 1.29 is 9.13 Å². The summed E-state index contributed by atoms with van der Waals surface area (Å²) in [5.74, 6) is 1.09. The van der Waals surface area contributed by atoms with E-state index in [4.69, 9.17) is 10.5 Å². The Hall–Kier alpha value is -3.11. The van der Waals surface area contributed by atoms with Crippen LogP contribution in [0, 0.1) is 24.1 Å². The second-order valence-corrected chi connectivity index (χ2v) is 6.79. The Bertz CT molecular complexity index is 986. The Morgan fingerprint density at radius 3 is 2.67 bits per heavy atom. The SMILES string of the molecule is Cc1cccc(OCc2nc(SCc3ccc(F)cc3)nc(N)c2C#N)c1. The lowest BCUT2D eigenvalue weighted by molar-refractivity contribution is 0.299. The minimum Gasteiger partial charge on any atom is -0.487 e. The van der Waals surface area contributed by atoms with Crippen molar-refractivity contribution in [1.29, 1.82) is 5.26 Å². The van der Waals surface area contributed by atoms with Gasteiger partial charge < -0.3 is 10.5 Å². The molecule has 0 amide bonds. The van der Waals surface area contributed by atoms with Gasteiger partial charge in [-0.25, -0.2) is 14.4 Å². The molecule has 0 aliphatic rings. The van der Waals surface area contributed by atoms with Crippen LogP contribution in [0.15, 0.2) is 53.7 Å². The predicted octanol–water partition coefficient (Wildman–Crippen LogP) is 4.25. The van der Waals surface area contributed by atoms with Crippen molar-refractivity contribution >= 4 is 17.6 Å². The Labute approximate surface area is 161 Å². The van der Waals surface area contributed by atoms with E-state index in [0.717, 1.165) is 11.1 Å². The molecule has 1 heterocycles. The normalized spacial score (nSPS) is 10.4. The number of ether oxygens (including phenoxy) is 1. The zero-order valence-electron chi connectivity index (χ0n) is 14.6. The third-order valence-corrected chi connectivity index (χ3v) is 4.67. The maximum atomic E-state index is 13.0. The third-order valence-electron chi connectivity index (χ3n) is 3.75. The monoisotopic (exact) mass is 380 g/mol. The van der Waals surface area contributed by atoms with Crippen LogP contribution >= 0.6 is 11.8 Å². The fraction of sp³-hybridized carbons (Fsp3) is 0.150. The summed E-state index contributed by atoms with van der Waals surface area (Å²) in [7, 11) is 0. The molecule has 27 heavy (non-hydrogen) atoms.